The lowest BCUT2D eigenvalue weighted by Crippen LogP contribution is -2.06. The quantitative estimate of drug-likeness (QED) is 0.709. The third kappa shape index (κ3) is 3.98. The van der Waals surface area contributed by atoms with Gasteiger partial charge in [0.15, 0.2) is 0 Å². The lowest BCUT2D eigenvalue weighted by molar-refractivity contribution is -0.116. The van der Waals surface area contributed by atoms with Gasteiger partial charge in [0.2, 0.25) is 0 Å². The highest BCUT2D eigenvalue weighted by molar-refractivity contribution is 9.10. The van der Waals surface area contributed by atoms with Crippen LogP contribution in [0, 0.1) is 0 Å². The van der Waals surface area contributed by atoms with E-state index in [-0.39, 0.29) is 0 Å². The first-order valence-electron chi connectivity index (χ1n) is 7.21. The minimum absolute atomic E-state index is 0.292. The average Bonchev–Trinajstić information content (AvgIpc) is 2.94. The van der Waals surface area contributed by atoms with Crippen LogP contribution in [0.3, 0.4) is 0 Å². The number of fused-ring (bicyclic) bond motifs is 1. The van der Waals surface area contributed by atoms with Gasteiger partial charge in [-0.25, -0.2) is 0 Å². The van der Waals surface area contributed by atoms with Crippen molar-refractivity contribution in [2.45, 2.75) is 30.6 Å². The minimum atomic E-state index is 0.292. The number of Topliss-reactive ketones (excluding diaryl/α,β-unsaturated/α-hetero) is 1. The standard InChI is InChI=1S/C18H17BrOS/c19-16-6-8-18(9-7-16)21-12-17(20)11-13-4-5-14-2-1-3-15(14)10-13/h4-10H,1-3,11-12H2. The monoisotopic (exact) mass is 360 g/mol. The molecule has 1 aliphatic rings. The van der Waals surface area contributed by atoms with Crippen molar-refractivity contribution in [3.63, 3.8) is 0 Å². The summed E-state index contributed by atoms with van der Waals surface area (Å²) in [6, 6.07) is 14.6. The summed E-state index contributed by atoms with van der Waals surface area (Å²) in [4.78, 5) is 13.3. The molecule has 0 radical (unpaired) electrons. The number of thioether (sulfide) groups is 1. The summed E-state index contributed by atoms with van der Waals surface area (Å²) in [5, 5.41) is 0. The van der Waals surface area contributed by atoms with E-state index in [0.717, 1.165) is 14.9 Å². The molecule has 0 saturated heterocycles. The number of carbonyl (C=O) groups is 1. The molecular weight excluding hydrogens is 344 g/mol. The van der Waals surface area contributed by atoms with Crippen molar-refractivity contribution in [2.24, 2.45) is 0 Å². The molecule has 0 N–H and O–H groups in total. The van der Waals surface area contributed by atoms with Gasteiger partial charge < -0.3 is 0 Å². The Bertz CT molecular complexity index is 649. The maximum Gasteiger partial charge on any atom is 0.147 e. The van der Waals surface area contributed by atoms with Gasteiger partial charge in [0, 0.05) is 15.8 Å². The summed E-state index contributed by atoms with van der Waals surface area (Å²) < 4.78 is 1.07. The molecule has 3 rings (SSSR count). The van der Waals surface area contributed by atoms with Gasteiger partial charge >= 0.3 is 0 Å². The second-order valence-electron chi connectivity index (χ2n) is 5.41. The van der Waals surface area contributed by atoms with Crippen LogP contribution in [0.25, 0.3) is 0 Å². The van der Waals surface area contributed by atoms with Crippen LogP contribution in [-0.2, 0) is 24.1 Å². The maximum atomic E-state index is 12.1. The van der Waals surface area contributed by atoms with E-state index < -0.39 is 0 Å². The van der Waals surface area contributed by atoms with Gasteiger partial charge in [-0.1, -0.05) is 34.1 Å². The summed E-state index contributed by atoms with van der Waals surface area (Å²) in [7, 11) is 0. The molecular formula is C18H17BrOS. The van der Waals surface area contributed by atoms with Crippen molar-refractivity contribution in [3.05, 3.63) is 63.6 Å². The normalized spacial score (nSPS) is 13.2. The Morgan fingerprint density at radius 1 is 1.05 bits per heavy atom. The average molecular weight is 361 g/mol. The first kappa shape index (κ1) is 14.9. The summed E-state index contributed by atoms with van der Waals surface area (Å²) in [5.74, 6) is 0.833. The molecule has 0 fully saturated rings. The summed E-state index contributed by atoms with van der Waals surface area (Å²) in [5.41, 5.74) is 4.08. The zero-order chi connectivity index (χ0) is 14.7. The van der Waals surface area contributed by atoms with Gasteiger partial charge in [-0.3, -0.25) is 4.79 Å². The van der Waals surface area contributed by atoms with Crippen LogP contribution >= 0.6 is 27.7 Å². The largest absolute Gasteiger partial charge is 0.298 e. The van der Waals surface area contributed by atoms with E-state index in [9.17, 15) is 4.79 Å². The topological polar surface area (TPSA) is 17.1 Å². The molecule has 0 spiro atoms. The third-order valence-electron chi connectivity index (χ3n) is 3.78. The number of rotatable bonds is 5. The van der Waals surface area contributed by atoms with Gasteiger partial charge in [0.25, 0.3) is 0 Å². The molecule has 0 saturated carbocycles. The van der Waals surface area contributed by atoms with E-state index in [0.29, 0.717) is 18.0 Å². The van der Waals surface area contributed by atoms with Gasteiger partial charge in [-0.2, -0.15) is 0 Å². The van der Waals surface area contributed by atoms with E-state index in [1.165, 1.54) is 30.4 Å². The molecule has 0 aliphatic heterocycles. The zero-order valence-electron chi connectivity index (χ0n) is 11.8. The van der Waals surface area contributed by atoms with Crippen LogP contribution in [0.1, 0.15) is 23.1 Å². The number of benzene rings is 2. The molecule has 0 heterocycles. The number of hydrogen-bond donors (Lipinski definition) is 0. The minimum Gasteiger partial charge on any atom is -0.298 e. The van der Waals surface area contributed by atoms with Crippen molar-refractivity contribution < 1.29 is 4.79 Å². The lowest BCUT2D eigenvalue weighted by Gasteiger charge is -2.05. The summed E-state index contributed by atoms with van der Waals surface area (Å²) in [6.45, 7) is 0. The number of hydrogen-bond acceptors (Lipinski definition) is 2. The Kier molecular flexibility index (Phi) is 4.81. The predicted octanol–water partition coefficient (Wildman–Crippen LogP) is 4.84. The maximum absolute atomic E-state index is 12.1. The molecule has 2 aromatic rings. The van der Waals surface area contributed by atoms with Gasteiger partial charge in [0.1, 0.15) is 5.78 Å². The third-order valence-corrected chi connectivity index (χ3v) is 5.38. The highest BCUT2D eigenvalue weighted by atomic mass is 79.9. The highest BCUT2D eigenvalue weighted by Gasteiger charge is 2.12. The van der Waals surface area contributed by atoms with Crippen LogP contribution in [0.15, 0.2) is 51.8 Å². The summed E-state index contributed by atoms with van der Waals surface area (Å²) >= 11 is 5.03. The molecule has 1 aliphatic carbocycles. The Labute approximate surface area is 138 Å². The first-order chi connectivity index (χ1) is 10.2. The van der Waals surface area contributed by atoms with Crippen LogP contribution < -0.4 is 0 Å². The van der Waals surface area contributed by atoms with E-state index in [1.807, 2.05) is 24.3 Å². The molecule has 0 atom stereocenters. The SMILES string of the molecule is O=C(CSc1ccc(Br)cc1)Cc1ccc2c(c1)CCC2. The molecule has 108 valence electrons. The van der Waals surface area contributed by atoms with Gasteiger partial charge in [0.05, 0.1) is 5.75 Å². The molecule has 21 heavy (non-hydrogen) atoms. The summed E-state index contributed by atoms with van der Waals surface area (Å²) in [6.07, 6.45) is 4.18. The number of carbonyl (C=O) groups excluding carboxylic acids is 1. The molecule has 3 heteroatoms. The molecule has 0 bridgehead atoms. The highest BCUT2D eigenvalue weighted by Crippen LogP contribution is 2.24. The van der Waals surface area contributed by atoms with Crippen LogP contribution in [0.4, 0.5) is 0 Å². The fourth-order valence-corrected chi connectivity index (χ4v) is 3.73. The Morgan fingerprint density at radius 2 is 1.81 bits per heavy atom. The van der Waals surface area contributed by atoms with Crippen LogP contribution in [-0.4, -0.2) is 11.5 Å². The molecule has 0 unspecified atom stereocenters. The van der Waals surface area contributed by atoms with Crippen LogP contribution in [0.2, 0.25) is 0 Å². The van der Waals surface area contributed by atoms with Gasteiger partial charge in [-0.15, -0.1) is 11.8 Å². The Hall–Kier alpha value is -1.06. The van der Waals surface area contributed by atoms with Crippen molar-refractivity contribution in [1.82, 2.24) is 0 Å². The van der Waals surface area contributed by atoms with Crippen molar-refractivity contribution in [1.29, 1.82) is 0 Å². The molecule has 1 nitrogen and oxygen atoms in total. The Morgan fingerprint density at radius 3 is 2.62 bits per heavy atom. The zero-order valence-corrected chi connectivity index (χ0v) is 14.2. The fourth-order valence-electron chi connectivity index (χ4n) is 2.71. The van der Waals surface area contributed by atoms with Crippen molar-refractivity contribution >= 4 is 33.5 Å². The lowest BCUT2D eigenvalue weighted by atomic mass is 10.0. The van der Waals surface area contributed by atoms with E-state index in [1.54, 1.807) is 11.8 Å². The van der Waals surface area contributed by atoms with E-state index in [2.05, 4.69) is 34.1 Å². The second-order valence-corrected chi connectivity index (χ2v) is 7.38. The van der Waals surface area contributed by atoms with Crippen molar-refractivity contribution in [2.75, 3.05) is 5.75 Å². The molecule has 0 aromatic heterocycles. The predicted molar refractivity (Wildman–Crippen MR) is 92.0 cm³/mol. The fraction of sp³-hybridized carbons (Fsp3) is 0.278. The smallest absolute Gasteiger partial charge is 0.147 e. The molecule has 0 amide bonds. The Balaban J connectivity index is 1.55. The molecule has 2 aromatic carbocycles. The second kappa shape index (κ2) is 6.80. The number of aryl methyl sites for hydroxylation is 2. The number of ketones is 1. The van der Waals surface area contributed by atoms with Crippen molar-refractivity contribution in [3.8, 4) is 0 Å². The van der Waals surface area contributed by atoms with Crippen LogP contribution in [0.5, 0.6) is 0 Å². The van der Waals surface area contributed by atoms with E-state index >= 15 is 0 Å². The number of halogens is 1. The van der Waals surface area contributed by atoms with Gasteiger partial charge in [-0.05, 0) is 60.2 Å². The van der Waals surface area contributed by atoms with E-state index in [4.69, 9.17) is 0 Å². The first-order valence-corrected chi connectivity index (χ1v) is 8.99.